The van der Waals surface area contributed by atoms with Crippen molar-refractivity contribution in [3.63, 3.8) is 0 Å². The van der Waals surface area contributed by atoms with Gasteiger partial charge in [-0.3, -0.25) is 0 Å². The van der Waals surface area contributed by atoms with Crippen molar-refractivity contribution < 1.29 is 0 Å². The van der Waals surface area contributed by atoms with Crippen molar-refractivity contribution in [3.8, 4) is 11.1 Å². The zero-order valence-electron chi connectivity index (χ0n) is 7.83. The summed E-state index contributed by atoms with van der Waals surface area (Å²) in [4.78, 5) is 0. The lowest BCUT2D eigenvalue weighted by Crippen LogP contribution is -1.77. The summed E-state index contributed by atoms with van der Waals surface area (Å²) in [6.45, 7) is 0. The normalized spacial score (nSPS) is 11.4. The van der Waals surface area contributed by atoms with Crippen LogP contribution in [0.5, 0.6) is 0 Å². The van der Waals surface area contributed by atoms with Crippen LogP contribution in [-0.4, -0.2) is 11.0 Å². The fraction of sp³-hybridized carbons (Fsp3) is 0.0769. The molecule has 0 nitrogen and oxygen atoms in total. The van der Waals surface area contributed by atoms with E-state index in [1.54, 1.807) is 0 Å². The van der Waals surface area contributed by atoms with Gasteiger partial charge in [-0.2, -0.15) is 0 Å². The first-order chi connectivity index (χ1) is 6.45. The van der Waals surface area contributed by atoms with Crippen molar-refractivity contribution in [2.24, 2.45) is 0 Å². The second-order valence-electron chi connectivity index (χ2n) is 3.49. The first kappa shape index (κ1) is 9.22. The summed E-state index contributed by atoms with van der Waals surface area (Å²) < 4.78 is 0. The minimum absolute atomic E-state index is 0. The molecule has 0 aliphatic heterocycles. The van der Waals surface area contributed by atoms with E-state index >= 15 is 0 Å². The lowest BCUT2D eigenvalue weighted by molar-refractivity contribution is 1.26. The van der Waals surface area contributed by atoms with Gasteiger partial charge in [-0.15, -0.1) is 0 Å². The van der Waals surface area contributed by atoms with Gasteiger partial charge in [0.1, 0.15) is 0 Å². The van der Waals surface area contributed by atoms with Gasteiger partial charge in [0.2, 0.25) is 0 Å². The van der Waals surface area contributed by atoms with Crippen LogP contribution in [0.3, 0.4) is 0 Å². The molecule has 0 N–H and O–H groups in total. The number of benzene rings is 2. The summed E-state index contributed by atoms with van der Waals surface area (Å²) in [5.41, 5.74) is 5.75. The summed E-state index contributed by atoms with van der Waals surface area (Å²) in [6, 6.07) is 17.3. The second-order valence-corrected chi connectivity index (χ2v) is 3.49. The summed E-state index contributed by atoms with van der Waals surface area (Å²) in [6.07, 6.45) is 1.10. The maximum absolute atomic E-state index is 2.22. The van der Waals surface area contributed by atoms with Gasteiger partial charge in [0.05, 0.1) is 0 Å². The fourth-order valence-corrected chi connectivity index (χ4v) is 2.08. The van der Waals surface area contributed by atoms with Gasteiger partial charge in [0.25, 0.3) is 0 Å². The van der Waals surface area contributed by atoms with Crippen LogP contribution in [0.25, 0.3) is 11.1 Å². The molecule has 0 atom stereocenters. The summed E-state index contributed by atoms with van der Waals surface area (Å²) in [5.74, 6) is 0. The molecule has 0 unspecified atom stereocenters. The Hall–Kier alpha value is -1.34. The lowest BCUT2D eigenvalue weighted by atomic mass is 10.1. The third-order valence-electron chi connectivity index (χ3n) is 2.71. The standard InChI is InChI=1S/C13H10.Si/c1-3-7-12-10(5-1)9-11-6-2-4-8-13(11)12;/h1-8H,9H2;. The van der Waals surface area contributed by atoms with Crippen LogP contribution in [0.4, 0.5) is 0 Å². The van der Waals surface area contributed by atoms with E-state index in [9.17, 15) is 0 Å². The van der Waals surface area contributed by atoms with E-state index in [4.69, 9.17) is 0 Å². The van der Waals surface area contributed by atoms with Gasteiger partial charge in [0, 0.05) is 11.0 Å². The van der Waals surface area contributed by atoms with Crippen molar-refractivity contribution in [3.05, 3.63) is 59.7 Å². The fourth-order valence-electron chi connectivity index (χ4n) is 2.08. The first-order valence-corrected chi connectivity index (χ1v) is 4.61. The van der Waals surface area contributed by atoms with E-state index in [1.165, 1.54) is 22.3 Å². The molecule has 4 radical (unpaired) electrons. The van der Waals surface area contributed by atoms with Crippen molar-refractivity contribution in [1.29, 1.82) is 0 Å². The lowest BCUT2D eigenvalue weighted by Gasteiger charge is -1.98. The quantitative estimate of drug-likeness (QED) is 0.483. The van der Waals surface area contributed by atoms with E-state index in [0.717, 1.165) is 6.42 Å². The number of fused-ring (bicyclic) bond motifs is 3. The van der Waals surface area contributed by atoms with Crippen LogP contribution in [0.15, 0.2) is 48.5 Å². The highest BCUT2D eigenvalue weighted by atomic mass is 28.1. The van der Waals surface area contributed by atoms with Crippen molar-refractivity contribution in [1.82, 2.24) is 0 Å². The molecule has 1 aliphatic carbocycles. The predicted molar refractivity (Wildman–Crippen MR) is 60.4 cm³/mol. The molecule has 3 rings (SSSR count). The molecule has 2 aromatic carbocycles. The monoisotopic (exact) mass is 194 g/mol. The van der Waals surface area contributed by atoms with Crippen molar-refractivity contribution >= 4 is 11.0 Å². The van der Waals surface area contributed by atoms with Crippen LogP contribution < -0.4 is 0 Å². The van der Waals surface area contributed by atoms with E-state index < -0.39 is 0 Å². The highest BCUT2D eigenvalue weighted by Crippen LogP contribution is 2.35. The maximum atomic E-state index is 2.22. The topological polar surface area (TPSA) is 0 Å². The molecule has 0 aromatic heterocycles. The molecule has 0 saturated carbocycles. The Kier molecular flexibility index (Phi) is 2.26. The molecule has 0 bridgehead atoms. The highest BCUT2D eigenvalue weighted by molar-refractivity contribution is 5.76. The molecule has 66 valence electrons. The van der Waals surface area contributed by atoms with Crippen molar-refractivity contribution in [2.75, 3.05) is 0 Å². The van der Waals surface area contributed by atoms with Crippen LogP contribution in [0.1, 0.15) is 11.1 Å². The molecule has 0 fully saturated rings. The smallest absolute Gasteiger partial charge is 0 e. The third kappa shape index (κ3) is 1.21. The minimum atomic E-state index is 0. The Labute approximate surface area is 88.6 Å². The van der Waals surface area contributed by atoms with E-state index in [1.807, 2.05) is 0 Å². The largest absolute Gasteiger partial charge is 0.0619 e. The van der Waals surface area contributed by atoms with E-state index in [-0.39, 0.29) is 11.0 Å². The second kappa shape index (κ2) is 3.43. The van der Waals surface area contributed by atoms with Gasteiger partial charge < -0.3 is 0 Å². The Morgan fingerprint density at radius 3 is 1.57 bits per heavy atom. The average Bonchev–Trinajstić information content (AvgIpc) is 2.56. The van der Waals surface area contributed by atoms with Crippen LogP contribution in [0.2, 0.25) is 0 Å². The molecular weight excluding hydrogens is 184 g/mol. The minimum Gasteiger partial charge on any atom is -0.0619 e. The molecule has 0 spiro atoms. The van der Waals surface area contributed by atoms with E-state index in [0.29, 0.717) is 0 Å². The number of hydrogen-bond acceptors (Lipinski definition) is 0. The molecule has 0 amide bonds. The van der Waals surface area contributed by atoms with Gasteiger partial charge in [-0.1, -0.05) is 48.5 Å². The molecule has 0 heterocycles. The van der Waals surface area contributed by atoms with Crippen LogP contribution >= 0.6 is 0 Å². The molecule has 14 heavy (non-hydrogen) atoms. The summed E-state index contributed by atoms with van der Waals surface area (Å²) in [5, 5.41) is 0. The Morgan fingerprint density at radius 2 is 1.07 bits per heavy atom. The summed E-state index contributed by atoms with van der Waals surface area (Å²) >= 11 is 0. The Morgan fingerprint density at radius 1 is 0.643 bits per heavy atom. The maximum Gasteiger partial charge on any atom is 0 e. The Bertz CT molecular complexity index is 417. The molecule has 0 saturated heterocycles. The SMILES string of the molecule is [Si].c1ccc2c(c1)Cc1ccccc1-2. The molecule has 1 aliphatic rings. The molecular formula is C13H10Si. The van der Waals surface area contributed by atoms with Crippen molar-refractivity contribution in [2.45, 2.75) is 6.42 Å². The molecule has 2 aromatic rings. The van der Waals surface area contributed by atoms with Gasteiger partial charge >= 0.3 is 0 Å². The van der Waals surface area contributed by atoms with Gasteiger partial charge in [0.15, 0.2) is 0 Å². The predicted octanol–water partition coefficient (Wildman–Crippen LogP) is 2.88. The van der Waals surface area contributed by atoms with Crippen LogP contribution in [0, 0.1) is 0 Å². The molecule has 1 heteroatoms. The average molecular weight is 194 g/mol. The summed E-state index contributed by atoms with van der Waals surface area (Å²) in [7, 11) is 0. The van der Waals surface area contributed by atoms with E-state index in [2.05, 4.69) is 48.5 Å². The van der Waals surface area contributed by atoms with Crippen LogP contribution in [-0.2, 0) is 6.42 Å². The van der Waals surface area contributed by atoms with Gasteiger partial charge in [-0.05, 0) is 28.7 Å². The number of hydrogen-bond donors (Lipinski definition) is 0. The number of rotatable bonds is 0. The Balaban J connectivity index is 0.000000750. The zero-order valence-corrected chi connectivity index (χ0v) is 8.83. The third-order valence-corrected chi connectivity index (χ3v) is 2.71. The first-order valence-electron chi connectivity index (χ1n) is 4.61. The zero-order chi connectivity index (χ0) is 8.67. The van der Waals surface area contributed by atoms with Gasteiger partial charge in [-0.25, -0.2) is 0 Å². The highest BCUT2D eigenvalue weighted by Gasteiger charge is 2.15.